The third-order valence-electron chi connectivity index (χ3n) is 3.85. The molecule has 0 bridgehead atoms. The first-order chi connectivity index (χ1) is 7.70. The van der Waals surface area contributed by atoms with Gasteiger partial charge in [0.2, 0.25) is 0 Å². The molecular weight excluding hydrogens is 204 g/mol. The summed E-state index contributed by atoms with van der Waals surface area (Å²) >= 11 is 0. The molecule has 2 fully saturated rings. The molecule has 0 spiro atoms. The largest absolute Gasteiger partial charge is 0.377 e. The summed E-state index contributed by atoms with van der Waals surface area (Å²) in [6, 6.07) is 0.556. The van der Waals surface area contributed by atoms with Crippen LogP contribution in [-0.2, 0) is 9.47 Å². The molecule has 2 aliphatic rings. The minimum Gasteiger partial charge on any atom is -0.377 e. The van der Waals surface area contributed by atoms with Crippen molar-refractivity contribution in [3.05, 3.63) is 0 Å². The topological polar surface area (TPSA) is 47.7 Å². The van der Waals surface area contributed by atoms with Crippen LogP contribution in [0, 0.1) is 0 Å². The molecule has 0 radical (unpaired) electrons. The van der Waals surface area contributed by atoms with E-state index in [-0.39, 0.29) is 6.10 Å². The first-order valence-electron chi connectivity index (χ1n) is 6.38. The lowest BCUT2D eigenvalue weighted by Crippen LogP contribution is -2.41. The van der Waals surface area contributed by atoms with Gasteiger partial charge in [0.1, 0.15) is 0 Å². The van der Waals surface area contributed by atoms with Crippen LogP contribution in [-0.4, -0.2) is 56.0 Å². The summed E-state index contributed by atoms with van der Waals surface area (Å²) in [6.45, 7) is 4.72. The van der Waals surface area contributed by atoms with E-state index in [1.54, 1.807) is 0 Å². The van der Waals surface area contributed by atoms with E-state index in [1.807, 2.05) is 0 Å². The number of nitrogens with two attached hydrogens (primary N) is 1. The van der Waals surface area contributed by atoms with E-state index >= 15 is 0 Å². The predicted octanol–water partition coefficient (Wildman–Crippen LogP) is 0.602. The van der Waals surface area contributed by atoms with Gasteiger partial charge in [0.05, 0.1) is 18.3 Å². The van der Waals surface area contributed by atoms with Gasteiger partial charge in [0.25, 0.3) is 0 Å². The van der Waals surface area contributed by atoms with Gasteiger partial charge in [0, 0.05) is 25.7 Å². The Labute approximate surface area is 98.1 Å². The minimum atomic E-state index is 0.288. The molecule has 94 valence electrons. The highest BCUT2D eigenvalue weighted by Gasteiger charge is 2.31. The summed E-state index contributed by atoms with van der Waals surface area (Å²) in [5, 5.41) is 0. The number of ether oxygens (including phenoxy) is 2. The van der Waals surface area contributed by atoms with Crippen molar-refractivity contribution in [2.24, 2.45) is 5.73 Å². The van der Waals surface area contributed by atoms with Crippen LogP contribution in [0.25, 0.3) is 0 Å². The average molecular weight is 228 g/mol. The molecule has 4 unspecified atom stereocenters. The lowest BCUT2D eigenvalue weighted by molar-refractivity contribution is 0.0142. The van der Waals surface area contributed by atoms with Crippen LogP contribution in [0.3, 0.4) is 0 Å². The zero-order valence-electron chi connectivity index (χ0n) is 10.4. The molecule has 2 aliphatic heterocycles. The molecule has 0 aliphatic carbocycles. The van der Waals surface area contributed by atoms with Crippen molar-refractivity contribution >= 4 is 0 Å². The van der Waals surface area contributed by atoms with Gasteiger partial charge < -0.3 is 15.2 Å². The molecule has 4 atom stereocenters. The van der Waals surface area contributed by atoms with E-state index in [9.17, 15) is 0 Å². The predicted molar refractivity (Wildman–Crippen MR) is 63.4 cm³/mol. The van der Waals surface area contributed by atoms with Gasteiger partial charge >= 0.3 is 0 Å². The lowest BCUT2D eigenvalue weighted by atomic mass is 10.1. The molecule has 0 aromatic rings. The van der Waals surface area contributed by atoms with E-state index in [1.165, 1.54) is 0 Å². The fourth-order valence-corrected chi connectivity index (χ4v) is 2.84. The molecule has 0 aromatic heterocycles. The average Bonchev–Trinajstić information content (AvgIpc) is 2.86. The highest BCUT2D eigenvalue weighted by Crippen LogP contribution is 2.23. The SMILES string of the molecule is CC1OCCC1N(C)CC1CCC(CN)O1. The van der Waals surface area contributed by atoms with E-state index in [4.69, 9.17) is 15.2 Å². The number of rotatable bonds is 4. The molecule has 2 rings (SSSR count). The van der Waals surface area contributed by atoms with Crippen LogP contribution in [0.15, 0.2) is 0 Å². The number of likely N-dealkylation sites (N-methyl/N-ethyl adjacent to an activating group) is 1. The first-order valence-corrected chi connectivity index (χ1v) is 6.38. The summed E-state index contributed by atoms with van der Waals surface area (Å²) < 4.78 is 11.5. The zero-order valence-corrected chi connectivity index (χ0v) is 10.4. The maximum Gasteiger partial charge on any atom is 0.0707 e. The molecule has 2 saturated heterocycles. The van der Waals surface area contributed by atoms with Gasteiger partial charge in [-0.2, -0.15) is 0 Å². The van der Waals surface area contributed by atoms with Crippen LogP contribution in [0.5, 0.6) is 0 Å². The second-order valence-electron chi connectivity index (χ2n) is 5.06. The highest BCUT2D eigenvalue weighted by molar-refractivity contribution is 4.84. The van der Waals surface area contributed by atoms with E-state index in [0.717, 1.165) is 32.4 Å². The van der Waals surface area contributed by atoms with Crippen LogP contribution >= 0.6 is 0 Å². The molecule has 16 heavy (non-hydrogen) atoms. The monoisotopic (exact) mass is 228 g/mol. The molecular formula is C12H24N2O2. The van der Waals surface area contributed by atoms with E-state index < -0.39 is 0 Å². The lowest BCUT2D eigenvalue weighted by Gasteiger charge is -2.28. The second kappa shape index (κ2) is 5.45. The zero-order chi connectivity index (χ0) is 11.5. The Morgan fingerprint density at radius 2 is 2.00 bits per heavy atom. The number of hydrogen-bond donors (Lipinski definition) is 1. The van der Waals surface area contributed by atoms with Gasteiger partial charge in [-0.1, -0.05) is 0 Å². The Kier molecular flexibility index (Phi) is 4.19. The van der Waals surface area contributed by atoms with Crippen LogP contribution < -0.4 is 5.73 Å². The fraction of sp³-hybridized carbons (Fsp3) is 1.00. The van der Waals surface area contributed by atoms with E-state index in [2.05, 4.69) is 18.9 Å². The Balaban J connectivity index is 1.77. The van der Waals surface area contributed by atoms with Crippen molar-refractivity contribution in [3.63, 3.8) is 0 Å². The van der Waals surface area contributed by atoms with Gasteiger partial charge in [-0.15, -0.1) is 0 Å². The standard InChI is InChI=1S/C12H24N2O2/c1-9-12(5-6-15-9)14(2)8-11-4-3-10(7-13)16-11/h9-12H,3-8,13H2,1-2H3. The Morgan fingerprint density at radius 1 is 1.25 bits per heavy atom. The third-order valence-corrected chi connectivity index (χ3v) is 3.85. The summed E-state index contributed by atoms with van der Waals surface area (Å²) in [5.41, 5.74) is 5.61. The minimum absolute atomic E-state index is 0.288. The molecule has 4 nitrogen and oxygen atoms in total. The van der Waals surface area contributed by atoms with Crippen molar-refractivity contribution < 1.29 is 9.47 Å². The van der Waals surface area contributed by atoms with Crippen molar-refractivity contribution in [2.75, 3.05) is 26.7 Å². The van der Waals surface area contributed by atoms with Crippen LogP contribution in [0.1, 0.15) is 26.2 Å². The molecule has 0 saturated carbocycles. The van der Waals surface area contributed by atoms with Gasteiger partial charge in [0.15, 0.2) is 0 Å². The summed E-state index contributed by atoms with van der Waals surface area (Å²) in [5.74, 6) is 0. The molecule has 0 amide bonds. The van der Waals surface area contributed by atoms with Crippen molar-refractivity contribution in [1.29, 1.82) is 0 Å². The van der Waals surface area contributed by atoms with Gasteiger partial charge in [-0.3, -0.25) is 4.90 Å². The van der Waals surface area contributed by atoms with Crippen molar-refractivity contribution in [3.8, 4) is 0 Å². The molecule has 2 heterocycles. The number of hydrogen-bond acceptors (Lipinski definition) is 4. The highest BCUT2D eigenvalue weighted by atomic mass is 16.5. The Morgan fingerprint density at radius 3 is 2.56 bits per heavy atom. The fourth-order valence-electron chi connectivity index (χ4n) is 2.84. The maximum atomic E-state index is 5.87. The summed E-state index contributed by atoms with van der Waals surface area (Å²) in [4.78, 5) is 2.39. The Bertz CT molecular complexity index is 225. The second-order valence-corrected chi connectivity index (χ2v) is 5.06. The maximum absolute atomic E-state index is 5.87. The van der Waals surface area contributed by atoms with Crippen LogP contribution in [0.2, 0.25) is 0 Å². The summed E-state index contributed by atoms with van der Waals surface area (Å²) in [6.07, 6.45) is 4.42. The van der Waals surface area contributed by atoms with Crippen molar-refractivity contribution in [1.82, 2.24) is 4.90 Å². The van der Waals surface area contributed by atoms with Crippen molar-refractivity contribution in [2.45, 2.75) is 50.5 Å². The molecule has 4 heteroatoms. The Hall–Kier alpha value is -0.160. The van der Waals surface area contributed by atoms with Gasteiger partial charge in [-0.25, -0.2) is 0 Å². The normalized spacial score (nSPS) is 39.8. The summed E-state index contributed by atoms with van der Waals surface area (Å²) in [7, 11) is 2.18. The molecule has 2 N–H and O–H groups in total. The van der Waals surface area contributed by atoms with Crippen LogP contribution in [0.4, 0.5) is 0 Å². The first kappa shape index (κ1) is 12.3. The third kappa shape index (κ3) is 2.74. The smallest absolute Gasteiger partial charge is 0.0707 e. The van der Waals surface area contributed by atoms with E-state index in [0.29, 0.717) is 24.8 Å². The number of nitrogens with zero attached hydrogens (tertiary/aromatic N) is 1. The van der Waals surface area contributed by atoms with Gasteiger partial charge in [-0.05, 0) is 33.2 Å². The quantitative estimate of drug-likeness (QED) is 0.765. The molecule has 0 aromatic carbocycles.